The highest BCUT2D eigenvalue weighted by molar-refractivity contribution is 5.99. The number of carbonyl (C=O) groups is 2. The van der Waals surface area contributed by atoms with E-state index in [0.29, 0.717) is 6.42 Å². The van der Waals surface area contributed by atoms with Gasteiger partial charge in [0.2, 0.25) is 11.8 Å². The monoisotopic (exact) mass is 211 g/mol. The van der Waals surface area contributed by atoms with Crippen molar-refractivity contribution in [2.45, 2.75) is 41.0 Å². The molecule has 86 valence electrons. The van der Waals surface area contributed by atoms with Gasteiger partial charge in [-0.05, 0) is 17.3 Å². The minimum absolute atomic E-state index is 0.00234. The van der Waals surface area contributed by atoms with Crippen LogP contribution in [0, 0.1) is 23.2 Å². The molecule has 0 bridgehead atoms. The van der Waals surface area contributed by atoms with E-state index in [-0.39, 0.29) is 35.0 Å². The summed E-state index contributed by atoms with van der Waals surface area (Å²) < 4.78 is 0. The Hall–Kier alpha value is -0.860. The van der Waals surface area contributed by atoms with E-state index in [9.17, 15) is 9.59 Å². The van der Waals surface area contributed by atoms with Crippen molar-refractivity contribution in [2.75, 3.05) is 0 Å². The molecule has 1 heterocycles. The van der Waals surface area contributed by atoms with Crippen molar-refractivity contribution in [1.29, 1.82) is 0 Å². The van der Waals surface area contributed by atoms with E-state index in [4.69, 9.17) is 0 Å². The zero-order chi connectivity index (χ0) is 11.8. The number of hydrogen-bond acceptors (Lipinski definition) is 2. The number of nitrogens with one attached hydrogen (secondary N) is 1. The molecule has 0 aliphatic carbocycles. The molecule has 0 aromatic rings. The predicted molar refractivity (Wildman–Crippen MR) is 59.0 cm³/mol. The quantitative estimate of drug-likeness (QED) is 0.674. The summed E-state index contributed by atoms with van der Waals surface area (Å²) in [4.78, 5) is 23.1. The Morgan fingerprint density at radius 1 is 1.27 bits per heavy atom. The molecule has 1 saturated heterocycles. The third kappa shape index (κ3) is 2.58. The van der Waals surface area contributed by atoms with Crippen LogP contribution < -0.4 is 5.32 Å². The first-order chi connectivity index (χ1) is 6.73. The fraction of sp³-hybridized carbons (Fsp3) is 0.833. The highest BCUT2D eigenvalue weighted by Crippen LogP contribution is 2.40. The van der Waals surface area contributed by atoms with E-state index in [1.54, 1.807) is 0 Å². The first-order valence-corrected chi connectivity index (χ1v) is 5.57. The van der Waals surface area contributed by atoms with E-state index >= 15 is 0 Å². The van der Waals surface area contributed by atoms with Gasteiger partial charge in [0.15, 0.2) is 0 Å². The average molecular weight is 211 g/mol. The smallest absolute Gasteiger partial charge is 0.230 e. The molecule has 1 N–H and O–H groups in total. The second kappa shape index (κ2) is 3.95. The molecule has 0 aromatic carbocycles. The van der Waals surface area contributed by atoms with Crippen LogP contribution in [0.5, 0.6) is 0 Å². The second-order valence-corrected chi connectivity index (χ2v) is 5.86. The summed E-state index contributed by atoms with van der Waals surface area (Å²) in [5.74, 6) is 0.168. The van der Waals surface area contributed by atoms with Gasteiger partial charge in [-0.1, -0.05) is 34.6 Å². The first kappa shape index (κ1) is 12.2. The Kier molecular flexibility index (Phi) is 3.22. The lowest BCUT2D eigenvalue weighted by Crippen LogP contribution is -2.51. The molecule has 3 nitrogen and oxygen atoms in total. The molecule has 1 rings (SSSR count). The molecule has 1 aliphatic heterocycles. The van der Waals surface area contributed by atoms with Crippen LogP contribution in [0.1, 0.15) is 41.0 Å². The maximum absolute atomic E-state index is 11.8. The Morgan fingerprint density at radius 2 is 1.80 bits per heavy atom. The lowest BCUT2D eigenvalue weighted by Gasteiger charge is -2.40. The average Bonchev–Trinajstić information content (AvgIpc) is 1.99. The zero-order valence-electron chi connectivity index (χ0n) is 10.3. The maximum Gasteiger partial charge on any atom is 0.230 e. The van der Waals surface area contributed by atoms with Crippen LogP contribution in [0.15, 0.2) is 0 Å². The van der Waals surface area contributed by atoms with Gasteiger partial charge in [-0.15, -0.1) is 0 Å². The standard InChI is InChI=1S/C12H21NO2/c1-7(2)10-8(12(3,4)5)6-9(14)13-11(10)15/h7-8,10H,6H2,1-5H3,(H,13,14,15). The fourth-order valence-corrected chi connectivity index (χ4v) is 2.39. The molecule has 0 radical (unpaired) electrons. The van der Waals surface area contributed by atoms with Crippen molar-refractivity contribution < 1.29 is 9.59 Å². The van der Waals surface area contributed by atoms with Gasteiger partial charge >= 0.3 is 0 Å². The van der Waals surface area contributed by atoms with E-state index in [1.807, 2.05) is 13.8 Å². The molecule has 0 aromatic heterocycles. The molecule has 2 atom stereocenters. The third-order valence-corrected chi connectivity index (χ3v) is 3.23. The predicted octanol–water partition coefficient (Wildman–Crippen LogP) is 1.97. The van der Waals surface area contributed by atoms with Gasteiger partial charge in [-0.3, -0.25) is 14.9 Å². The maximum atomic E-state index is 11.8. The molecule has 2 amide bonds. The van der Waals surface area contributed by atoms with Crippen LogP contribution in [0.3, 0.4) is 0 Å². The largest absolute Gasteiger partial charge is 0.296 e. The molecular weight excluding hydrogens is 190 g/mol. The normalized spacial score (nSPS) is 28.1. The summed E-state index contributed by atoms with van der Waals surface area (Å²) in [5.41, 5.74) is 0.00234. The fourth-order valence-electron chi connectivity index (χ4n) is 2.39. The highest BCUT2D eigenvalue weighted by Gasteiger charge is 2.43. The molecule has 1 fully saturated rings. The molecule has 0 saturated carbocycles. The van der Waals surface area contributed by atoms with Crippen molar-refractivity contribution in [2.24, 2.45) is 23.2 Å². The van der Waals surface area contributed by atoms with Gasteiger partial charge < -0.3 is 0 Å². The third-order valence-electron chi connectivity index (χ3n) is 3.23. The summed E-state index contributed by atoms with van der Waals surface area (Å²) in [7, 11) is 0. The SMILES string of the molecule is CC(C)C1C(=O)NC(=O)CC1C(C)(C)C. The summed E-state index contributed by atoms with van der Waals surface area (Å²) in [5, 5.41) is 2.43. The van der Waals surface area contributed by atoms with Crippen LogP contribution in [0.4, 0.5) is 0 Å². The lowest BCUT2D eigenvalue weighted by atomic mass is 9.66. The first-order valence-electron chi connectivity index (χ1n) is 5.57. The minimum atomic E-state index is -0.128. The molecule has 0 spiro atoms. The zero-order valence-corrected chi connectivity index (χ0v) is 10.3. The number of carbonyl (C=O) groups excluding carboxylic acids is 2. The summed E-state index contributed by atoms with van der Waals surface area (Å²) in [6.45, 7) is 10.4. The highest BCUT2D eigenvalue weighted by atomic mass is 16.2. The van der Waals surface area contributed by atoms with Crippen molar-refractivity contribution >= 4 is 11.8 Å². The summed E-state index contributed by atoms with van der Waals surface area (Å²) >= 11 is 0. The van der Waals surface area contributed by atoms with Crippen molar-refractivity contribution in [3.8, 4) is 0 Å². The number of hydrogen-bond donors (Lipinski definition) is 1. The van der Waals surface area contributed by atoms with Crippen molar-refractivity contribution in [3.05, 3.63) is 0 Å². The molecule has 1 aliphatic rings. The number of imide groups is 1. The molecular formula is C12H21NO2. The Bertz CT molecular complexity index is 276. The van der Waals surface area contributed by atoms with E-state index in [1.165, 1.54) is 0 Å². The van der Waals surface area contributed by atoms with Crippen LogP contribution >= 0.6 is 0 Å². The summed E-state index contributed by atoms with van der Waals surface area (Å²) in [6.07, 6.45) is 0.470. The van der Waals surface area contributed by atoms with Crippen molar-refractivity contribution in [3.63, 3.8) is 0 Å². The topological polar surface area (TPSA) is 46.2 Å². The van der Waals surface area contributed by atoms with Crippen LogP contribution in [0.25, 0.3) is 0 Å². The van der Waals surface area contributed by atoms with Crippen molar-refractivity contribution in [1.82, 2.24) is 5.32 Å². The van der Waals surface area contributed by atoms with Gasteiger partial charge in [0.1, 0.15) is 0 Å². The van der Waals surface area contributed by atoms with Crippen LogP contribution in [-0.4, -0.2) is 11.8 Å². The van der Waals surface area contributed by atoms with Gasteiger partial charge in [0.05, 0.1) is 0 Å². The Labute approximate surface area is 91.6 Å². The lowest BCUT2D eigenvalue weighted by molar-refractivity contribution is -0.143. The molecule has 15 heavy (non-hydrogen) atoms. The number of rotatable bonds is 1. The van der Waals surface area contributed by atoms with E-state index in [2.05, 4.69) is 26.1 Å². The van der Waals surface area contributed by atoms with Gasteiger partial charge in [0, 0.05) is 12.3 Å². The molecule has 2 unspecified atom stereocenters. The minimum Gasteiger partial charge on any atom is -0.296 e. The van der Waals surface area contributed by atoms with E-state index in [0.717, 1.165) is 0 Å². The number of piperidine rings is 1. The Morgan fingerprint density at radius 3 is 2.20 bits per heavy atom. The Balaban J connectivity index is 2.98. The van der Waals surface area contributed by atoms with Crippen LogP contribution in [0.2, 0.25) is 0 Å². The van der Waals surface area contributed by atoms with Gasteiger partial charge in [0.25, 0.3) is 0 Å². The number of amides is 2. The summed E-state index contributed by atoms with van der Waals surface area (Å²) in [6, 6.07) is 0. The second-order valence-electron chi connectivity index (χ2n) is 5.86. The molecule has 3 heteroatoms. The van der Waals surface area contributed by atoms with Crippen LogP contribution in [-0.2, 0) is 9.59 Å². The van der Waals surface area contributed by atoms with E-state index < -0.39 is 0 Å². The van der Waals surface area contributed by atoms with Gasteiger partial charge in [-0.25, -0.2) is 0 Å². The van der Waals surface area contributed by atoms with Gasteiger partial charge in [-0.2, -0.15) is 0 Å².